The maximum Gasteiger partial charge on any atom is 0.0987 e. The van der Waals surface area contributed by atoms with E-state index < -0.39 is 0 Å². The second-order valence-electron chi connectivity index (χ2n) is 2.62. The summed E-state index contributed by atoms with van der Waals surface area (Å²) < 4.78 is 0. The van der Waals surface area contributed by atoms with E-state index in [4.69, 9.17) is 23.2 Å². The van der Waals surface area contributed by atoms with Crippen LogP contribution in [0, 0.1) is 0 Å². The molecule has 0 rings (SSSR count). The van der Waals surface area contributed by atoms with Gasteiger partial charge in [0, 0.05) is 0 Å². The predicted molar refractivity (Wildman–Crippen MR) is 52.5 cm³/mol. The molecule has 0 aliphatic heterocycles. The largest absolute Gasteiger partial charge is 0.286 e. The Morgan fingerprint density at radius 2 is 1.64 bits per heavy atom. The summed E-state index contributed by atoms with van der Waals surface area (Å²) >= 11 is 11.6. The van der Waals surface area contributed by atoms with Gasteiger partial charge in [0.1, 0.15) is 0 Å². The second kappa shape index (κ2) is 7.20. The Morgan fingerprint density at radius 1 is 1.18 bits per heavy atom. The molecule has 0 bridgehead atoms. The number of nitrogens with zero attached hydrogens (tertiary/aromatic N) is 1. The minimum atomic E-state index is 0.0107. The van der Waals surface area contributed by atoms with E-state index >= 15 is 0 Å². The fourth-order valence-electron chi connectivity index (χ4n) is 1.06. The molecular weight excluding hydrogens is 181 g/mol. The van der Waals surface area contributed by atoms with Gasteiger partial charge in [0.15, 0.2) is 0 Å². The van der Waals surface area contributed by atoms with E-state index in [-0.39, 0.29) is 5.50 Å². The first-order valence-electron chi connectivity index (χ1n) is 4.20. The van der Waals surface area contributed by atoms with Crippen LogP contribution in [0.3, 0.4) is 0 Å². The predicted octanol–water partition coefficient (Wildman–Crippen LogP) is 2.91. The Kier molecular flexibility index (Phi) is 7.56. The number of halogens is 2. The summed E-state index contributed by atoms with van der Waals surface area (Å²) in [5.41, 5.74) is 0.0107. The summed E-state index contributed by atoms with van der Waals surface area (Å²) in [6.07, 6.45) is 2.28. The summed E-state index contributed by atoms with van der Waals surface area (Å²) in [5.74, 6) is 0.515. The van der Waals surface area contributed by atoms with Crippen molar-refractivity contribution in [2.75, 3.05) is 19.0 Å². The highest BCUT2D eigenvalue weighted by atomic mass is 35.5. The van der Waals surface area contributed by atoms with Gasteiger partial charge in [-0.1, -0.05) is 13.8 Å². The molecule has 0 spiro atoms. The van der Waals surface area contributed by atoms with Crippen molar-refractivity contribution in [1.82, 2.24) is 4.90 Å². The van der Waals surface area contributed by atoms with E-state index in [1.165, 1.54) is 0 Å². The third-order valence-electron chi connectivity index (χ3n) is 1.55. The fourth-order valence-corrected chi connectivity index (χ4v) is 1.45. The number of alkyl halides is 2. The van der Waals surface area contributed by atoms with Crippen molar-refractivity contribution in [2.24, 2.45) is 0 Å². The van der Waals surface area contributed by atoms with Crippen molar-refractivity contribution >= 4 is 23.2 Å². The minimum Gasteiger partial charge on any atom is -0.286 e. The van der Waals surface area contributed by atoms with Crippen LogP contribution in [0.4, 0.5) is 0 Å². The lowest BCUT2D eigenvalue weighted by atomic mass is 10.3. The molecule has 0 saturated carbocycles. The van der Waals surface area contributed by atoms with Gasteiger partial charge in [0.25, 0.3) is 0 Å². The normalized spacial score (nSPS) is 13.9. The highest BCUT2D eigenvalue weighted by Gasteiger charge is 2.11. The van der Waals surface area contributed by atoms with Crippen LogP contribution in [-0.2, 0) is 0 Å². The number of hydrogen-bond donors (Lipinski definition) is 0. The Hall–Kier alpha value is 0.540. The lowest BCUT2D eigenvalue weighted by Gasteiger charge is -2.24. The van der Waals surface area contributed by atoms with Gasteiger partial charge in [0.2, 0.25) is 0 Å². The Bertz CT molecular complexity index is 82.2. The van der Waals surface area contributed by atoms with Crippen LogP contribution in [0.5, 0.6) is 0 Å². The highest BCUT2D eigenvalue weighted by Crippen LogP contribution is 2.08. The highest BCUT2D eigenvalue weighted by molar-refractivity contribution is 6.27. The van der Waals surface area contributed by atoms with Gasteiger partial charge >= 0.3 is 0 Å². The van der Waals surface area contributed by atoms with Crippen LogP contribution in [0.1, 0.15) is 26.7 Å². The van der Waals surface area contributed by atoms with Crippen LogP contribution in [0.25, 0.3) is 0 Å². The molecule has 0 aliphatic rings. The first-order valence-corrected chi connectivity index (χ1v) is 5.17. The van der Waals surface area contributed by atoms with E-state index in [1.54, 1.807) is 0 Å². The first kappa shape index (κ1) is 11.5. The zero-order valence-electron chi connectivity index (χ0n) is 7.32. The van der Waals surface area contributed by atoms with E-state index in [2.05, 4.69) is 18.7 Å². The Morgan fingerprint density at radius 3 is 1.91 bits per heavy atom. The molecule has 68 valence electrons. The van der Waals surface area contributed by atoms with E-state index in [0.29, 0.717) is 5.88 Å². The minimum absolute atomic E-state index is 0.0107. The van der Waals surface area contributed by atoms with Gasteiger partial charge in [-0.2, -0.15) is 0 Å². The monoisotopic (exact) mass is 197 g/mol. The molecule has 0 N–H and O–H groups in total. The molecule has 0 aromatic carbocycles. The molecule has 0 aromatic rings. The Labute approximate surface area is 79.7 Å². The van der Waals surface area contributed by atoms with Gasteiger partial charge in [-0.3, -0.25) is 4.90 Å². The number of hydrogen-bond acceptors (Lipinski definition) is 1. The van der Waals surface area contributed by atoms with Crippen molar-refractivity contribution in [2.45, 2.75) is 32.2 Å². The Balaban J connectivity index is 3.66. The SMILES string of the molecule is CCCN(CCC)C(Cl)CCl. The summed E-state index contributed by atoms with van der Waals surface area (Å²) in [7, 11) is 0. The van der Waals surface area contributed by atoms with Gasteiger partial charge in [-0.05, 0) is 25.9 Å². The number of rotatable bonds is 6. The smallest absolute Gasteiger partial charge is 0.0987 e. The molecule has 0 radical (unpaired) electrons. The maximum atomic E-state index is 5.98. The van der Waals surface area contributed by atoms with E-state index in [9.17, 15) is 0 Å². The van der Waals surface area contributed by atoms with Crippen molar-refractivity contribution in [3.05, 3.63) is 0 Å². The van der Waals surface area contributed by atoms with E-state index in [1.807, 2.05) is 0 Å². The average molecular weight is 198 g/mol. The third-order valence-corrected chi connectivity index (χ3v) is 2.43. The molecule has 1 atom stereocenters. The van der Waals surface area contributed by atoms with Crippen LogP contribution in [0.15, 0.2) is 0 Å². The van der Waals surface area contributed by atoms with Crippen molar-refractivity contribution < 1.29 is 0 Å². The molecule has 0 heterocycles. The summed E-state index contributed by atoms with van der Waals surface area (Å²) in [6.45, 7) is 6.41. The molecule has 0 amide bonds. The summed E-state index contributed by atoms with van der Waals surface area (Å²) in [4.78, 5) is 2.22. The van der Waals surface area contributed by atoms with Crippen LogP contribution >= 0.6 is 23.2 Å². The molecule has 1 unspecified atom stereocenters. The van der Waals surface area contributed by atoms with Gasteiger partial charge < -0.3 is 0 Å². The molecule has 0 aliphatic carbocycles. The second-order valence-corrected chi connectivity index (χ2v) is 3.44. The average Bonchev–Trinajstić information content (AvgIpc) is 2.03. The molecule has 1 nitrogen and oxygen atoms in total. The van der Waals surface area contributed by atoms with Gasteiger partial charge in [-0.25, -0.2) is 0 Å². The van der Waals surface area contributed by atoms with Crippen molar-refractivity contribution in [3.63, 3.8) is 0 Å². The zero-order chi connectivity index (χ0) is 8.69. The lowest BCUT2D eigenvalue weighted by Crippen LogP contribution is -2.33. The fraction of sp³-hybridized carbons (Fsp3) is 1.00. The molecule has 3 heteroatoms. The zero-order valence-corrected chi connectivity index (χ0v) is 8.83. The standard InChI is InChI=1S/C8H17Cl2N/c1-3-5-11(6-4-2)8(10)7-9/h8H,3-7H2,1-2H3. The molecule has 0 aromatic heterocycles. The molecule has 11 heavy (non-hydrogen) atoms. The molecule has 0 saturated heterocycles. The van der Waals surface area contributed by atoms with Crippen molar-refractivity contribution in [3.8, 4) is 0 Å². The topological polar surface area (TPSA) is 3.24 Å². The van der Waals surface area contributed by atoms with Crippen LogP contribution < -0.4 is 0 Å². The van der Waals surface area contributed by atoms with E-state index in [0.717, 1.165) is 25.9 Å². The lowest BCUT2D eigenvalue weighted by molar-refractivity contribution is 0.265. The molecular formula is C8H17Cl2N. The third kappa shape index (κ3) is 4.89. The van der Waals surface area contributed by atoms with Crippen LogP contribution in [0.2, 0.25) is 0 Å². The first-order chi connectivity index (χ1) is 5.26. The summed E-state index contributed by atoms with van der Waals surface area (Å²) in [6, 6.07) is 0. The maximum absolute atomic E-state index is 5.98. The summed E-state index contributed by atoms with van der Waals surface area (Å²) in [5, 5.41) is 0. The van der Waals surface area contributed by atoms with Crippen molar-refractivity contribution in [1.29, 1.82) is 0 Å². The van der Waals surface area contributed by atoms with Crippen LogP contribution in [-0.4, -0.2) is 29.4 Å². The van der Waals surface area contributed by atoms with Gasteiger partial charge in [0.05, 0.1) is 11.4 Å². The quantitative estimate of drug-likeness (QED) is 0.468. The molecule has 0 fully saturated rings. The van der Waals surface area contributed by atoms with Gasteiger partial charge in [-0.15, -0.1) is 23.2 Å².